The molecule has 0 aliphatic heterocycles. The quantitative estimate of drug-likeness (QED) is 0.853. The number of nitrogens with two attached hydrogens (primary N) is 1. The maximum absolute atomic E-state index is 11.7. The maximum Gasteiger partial charge on any atom is 0.185 e. The molecule has 16 heavy (non-hydrogen) atoms. The van der Waals surface area contributed by atoms with Crippen molar-refractivity contribution in [2.45, 2.75) is 23.0 Å². The van der Waals surface area contributed by atoms with Crippen molar-refractivity contribution >= 4 is 37.2 Å². The van der Waals surface area contributed by atoms with Crippen LogP contribution in [-0.2, 0) is 9.84 Å². The average molecular weight is 257 g/mol. The number of anilines is 1. The Kier molecular flexibility index (Phi) is 1.88. The molecular weight excluding hydrogens is 246 g/mol. The first-order valence-corrected chi connectivity index (χ1v) is 7.65. The molecule has 0 spiro atoms. The third-order valence-electron chi connectivity index (χ3n) is 2.76. The van der Waals surface area contributed by atoms with E-state index in [1.165, 1.54) is 17.6 Å². The topological polar surface area (TPSA) is 88.8 Å². The van der Waals surface area contributed by atoms with Crippen LogP contribution in [0, 0.1) is 0 Å². The molecule has 3 N–H and O–H groups in total. The summed E-state index contributed by atoms with van der Waals surface area (Å²) < 4.78 is 23.8. The standard InChI is InChI=1S/C9H11N3O2S2/c1-16(13,14)9-5(4-2-3-4)6-7(10)11-12-8(6)15-9/h4H,2-3H2,1H3,(H3,10,11,12). The third kappa shape index (κ3) is 1.35. The van der Waals surface area contributed by atoms with Gasteiger partial charge in [0.2, 0.25) is 0 Å². The van der Waals surface area contributed by atoms with Gasteiger partial charge < -0.3 is 5.73 Å². The number of thiophene rings is 1. The van der Waals surface area contributed by atoms with Crippen molar-refractivity contribution < 1.29 is 8.42 Å². The second-order valence-electron chi connectivity index (χ2n) is 4.17. The fourth-order valence-electron chi connectivity index (χ4n) is 1.94. The van der Waals surface area contributed by atoms with Gasteiger partial charge in [-0.05, 0) is 24.3 Å². The van der Waals surface area contributed by atoms with E-state index in [0.29, 0.717) is 20.8 Å². The molecule has 0 unspecified atom stereocenters. The van der Waals surface area contributed by atoms with E-state index in [2.05, 4.69) is 10.2 Å². The summed E-state index contributed by atoms with van der Waals surface area (Å²) in [5.41, 5.74) is 6.68. The molecule has 0 aromatic carbocycles. The Labute approximate surface area is 96.6 Å². The minimum Gasteiger partial charge on any atom is -0.384 e. The summed E-state index contributed by atoms with van der Waals surface area (Å²) in [7, 11) is -3.18. The molecule has 0 radical (unpaired) electrons. The first-order chi connectivity index (χ1) is 7.48. The molecule has 0 amide bonds. The van der Waals surface area contributed by atoms with Crippen molar-refractivity contribution in [2.24, 2.45) is 0 Å². The van der Waals surface area contributed by atoms with Crippen molar-refractivity contribution in [1.82, 2.24) is 10.2 Å². The fourth-order valence-corrected chi connectivity index (χ4v) is 4.41. The highest BCUT2D eigenvalue weighted by Crippen LogP contribution is 2.50. The molecule has 0 saturated heterocycles. The van der Waals surface area contributed by atoms with Gasteiger partial charge in [-0.15, -0.1) is 11.3 Å². The number of nitrogens with one attached hydrogen (secondary N) is 1. The summed E-state index contributed by atoms with van der Waals surface area (Å²) in [6.45, 7) is 0. The van der Waals surface area contributed by atoms with E-state index in [4.69, 9.17) is 5.73 Å². The lowest BCUT2D eigenvalue weighted by Gasteiger charge is -2.00. The molecule has 1 saturated carbocycles. The SMILES string of the molecule is CS(=O)(=O)c1sc2n[nH]c(N)c2c1C1CC1. The van der Waals surface area contributed by atoms with Gasteiger partial charge in [-0.1, -0.05) is 0 Å². The van der Waals surface area contributed by atoms with E-state index in [1.54, 1.807) is 0 Å². The lowest BCUT2D eigenvalue weighted by atomic mass is 10.1. The Balaban J connectivity index is 2.40. The number of H-pyrrole nitrogens is 1. The van der Waals surface area contributed by atoms with Crippen LogP contribution in [0.4, 0.5) is 5.82 Å². The van der Waals surface area contributed by atoms with Crippen molar-refractivity contribution in [1.29, 1.82) is 0 Å². The smallest absolute Gasteiger partial charge is 0.185 e. The number of rotatable bonds is 2. The first-order valence-electron chi connectivity index (χ1n) is 4.95. The largest absolute Gasteiger partial charge is 0.384 e. The van der Waals surface area contributed by atoms with Crippen LogP contribution in [0.2, 0.25) is 0 Å². The van der Waals surface area contributed by atoms with Gasteiger partial charge in [0.25, 0.3) is 0 Å². The van der Waals surface area contributed by atoms with Crippen LogP contribution in [-0.4, -0.2) is 24.9 Å². The highest BCUT2D eigenvalue weighted by Gasteiger charge is 2.34. The number of aromatic amines is 1. The van der Waals surface area contributed by atoms with E-state index in [0.717, 1.165) is 23.8 Å². The Morgan fingerprint density at radius 2 is 2.19 bits per heavy atom. The first kappa shape index (κ1) is 10.1. The highest BCUT2D eigenvalue weighted by molar-refractivity contribution is 7.93. The van der Waals surface area contributed by atoms with Gasteiger partial charge in [0, 0.05) is 6.26 Å². The van der Waals surface area contributed by atoms with E-state index >= 15 is 0 Å². The fraction of sp³-hybridized carbons (Fsp3) is 0.444. The van der Waals surface area contributed by atoms with Gasteiger partial charge >= 0.3 is 0 Å². The molecule has 0 atom stereocenters. The lowest BCUT2D eigenvalue weighted by Crippen LogP contribution is -1.98. The summed E-state index contributed by atoms with van der Waals surface area (Å²) in [4.78, 5) is 0.694. The van der Waals surface area contributed by atoms with Crippen LogP contribution in [0.3, 0.4) is 0 Å². The predicted molar refractivity (Wildman–Crippen MR) is 63.5 cm³/mol. The van der Waals surface area contributed by atoms with Crippen molar-refractivity contribution in [3.63, 3.8) is 0 Å². The van der Waals surface area contributed by atoms with E-state index in [9.17, 15) is 8.42 Å². The van der Waals surface area contributed by atoms with Crippen molar-refractivity contribution in [3.8, 4) is 0 Å². The Bertz CT molecular complexity index is 664. The molecule has 2 aromatic heterocycles. The summed E-state index contributed by atoms with van der Waals surface area (Å²) in [5, 5.41) is 7.54. The van der Waals surface area contributed by atoms with Gasteiger partial charge in [-0.25, -0.2) is 8.42 Å². The number of sulfone groups is 1. The summed E-state index contributed by atoms with van der Waals surface area (Å²) in [6.07, 6.45) is 3.32. The molecule has 2 heterocycles. The van der Waals surface area contributed by atoms with Crippen LogP contribution in [0.25, 0.3) is 10.2 Å². The monoisotopic (exact) mass is 257 g/mol. The molecule has 1 aliphatic carbocycles. The number of aromatic nitrogens is 2. The highest BCUT2D eigenvalue weighted by atomic mass is 32.2. The zero-order chi connectivity index (χ0) is 11.5. The number of nitrogen functional groups attached to an aromatic ring is 1. The molecule has 1 fully saturated rings. The molecule has 2 aromatic rings. The Morgan fingerprint density at radius 1 is 1.50 bits per heavy atom. The van der Waals surface area contributed by atoms with Gasteiger partial charge in [0.05, 0.1) is 5.39 Å². The van der Waals surface area contributed by atoms with Crippen LogP contribution >= 0.6 is 11.3 Å². The zero-order valence-electron chi connectivity index (χ0n) is 8.65. The van der Waals surface area contributed by atoms with Gasteiger partial charge in [0.1, 0.15) is 14.9 Å². The second kappa shape index (κ2) is 2.98. The Morgan fingerprint density at radius 3 is 2.75 bits per heavy atom. The number of fused-ring (bicyclic) bond motifs is 1. The molecule has 3 rings (SSSR count). The number of nitrogens with zero attached hydrogens (tertiary/aromatic N) is 1. The minimum atomic E-state index is -3.18. The molecule has 7 heteroatoms. The van der Waals surface area contributed by atoms with Gasteiger partial charge in [-0.3, -0.25) is 5.10 Å². The maximum atomic E-state index is 11.7. The van der Waals surface area contributed by atoms with E-state index < -0.39 is 9.84 Å². The third-order valence-corrected chi connectivity index (χ3v) is 5.71. The zero-order valence-corrected chi connectivity index (χ0v) is 10.3. The van der Waals surface area contributed by atoms with Crippen LogP contribution in [0.1, 0.15) is 24.3 Å². The molecule has 0 bridgehead atoms. The van der Waals surface area contributed by atoms with E-state index in [-0.39, 0.29) is 0 Å². The average Bonchev–Trinajstić information content (AvgIpc) is 2.83. The molecule has 5 nitrogen and oxygen atoms in total. The van der Waals surface area contributed by atoms with Gasteiger partial charge in [-0.2, -0.15) is 5.10 Å². The second-order valence-corrected chi connectivity index (χ2v) is 7.38. The predicted octanol–water partition coefficient (Wildman–Crippen LogP) is 1.49. The summed E-state index contributed by atoms with van der Waals surface area (Å²) >= 11 is 1.21. The van der Waals surface area contributed by atoms with E-state index in [1.807, 2.05) is 0 Å². The van der Waals surface area contributed by atoms with Gasteiger partial charge in [0.15, 0.2) is 9.84 Å². The van der Waals surface area contributed by atoms with Crippen LogP contribution < -0.4 is 5.73 Å². The minimum absolute atomic E-state index is 0.346. The normalized spacial score (nSPS) is 17.1. The van der Waals surface area contributed by atoms with Crippen LogP contribution in [0.15, 0.2) is 4.21 Å². The number of hydrogen-bond donors (Lipinski definition) is 2. The number of hydrogen-bond acceptors (Lipinski definition) is 5. The van der Waals surface area contributed by atoms with Crippen LogP contribution in [0.5, 0.6) is 0 Å². The molecule has 86 valence electrons. The summed E-state index contributed by atoms with van der Waals surface area (Å²) in [6, 6.07) is 0. The van der Waals surface area contributed by atoms with Crippen molar-refractivity contribution in [3.05, 3.63) is 5.56 Å². The molecular formula is C9H11N3O2S2. The Hall–Kier alpha value is -1.08. The van der Waals surface area contributed by atoms with Crippen molar-refractivity contribution in [2.75, 3.05) is 12.0 Å². The summed E-state index contributed by atoms with van der Waals surface area (Å²) in [5.74, 6) is 0.821. The molecule has 1 aliphatic rings. The lowest BCUT2D eigenvalue weighted by molar-refractivity contribution is 0.603.